The van der Waals surface area contributed by atoms with Gasteiger partial charge in [-0.2, -0.15) is 0 Å². The normalized spacial score (nSPS) is 24.4. The highest BCUT2D eigenvalue weighted by Gasteiger charge is 2.25. The van der Waals surface area contributed by atoms with Crippen molar-refractivity contribution in [2.75, 3.05) is 0 Å². The van der Waals surface area contributed by atoms with Crippen molar-refractivity contribution in [2.24, 2.45) is 0 Å². The third kappa shape index (κ3) is 3.92. The predicted molar refractivity (Wildman–Crippen MR) is 77.7 cm³/mol. The highest BCUT2D eigenvalue weighted by molar-refractivity contribution is 9.10. The van der Waals surface area contributed by atoms with E-state index in [2.05, 4.69) is 20.7 Å². The van der Waals surface area contributed by atoms with E-state index >= 15 is 0 Å². The number of nitrogens with one attached hydrogen (secondary N) is 1. The second-order valence-corrected chi connectivity index (χ2v) is 7.68. The summed E-state index contributed by atoms with van der Waals surface area (Å²) in [5.41, 5.74) is 0. The maximum atomic E-state index is 12.2. The van der Waals surface area contributed by atoms with E-state index in [0.29, 0.717) is 35.2 Å². The molecule has 1 aromatic carbocycles. The Morgan fingerprint density at radius 3 is 2.47 bits per heavy atom. The number of benzene rings is 1. The van der Waals surface area contributed by atoms with Gasteiger partial charge in [0.2, 0.25) is 10.0 Å². The summed E-state index contributed by atoms with van der Waals surface area (Å²) in [4.78, 5) is 0.159. The number of hydrogen-bond donors (Lipinski definition) is 2. The summed E-state index contributed by atoms with van der Waals surface area (Å²) in [6, 6.07) is 4.43. The number of sulfonamides is 1. The van der Waals surface area contributed by atoms with Gasteiger partial charge in [0.05, 0.1) is 16.0 Å². The van der Waals surface area contributed by atoms with Crippen molar-refractivity contribution in [2.45, 2.75) is 42.7 Å². The van der Waals surface area contributed by atoms with Gasteiger partial charge in [0.25, 0.3) is 0 Å². The van der Waals surface area contributed by atoms with Gasteiger partial charge in [0.1, 0.15) is 0 Å². The fourth-order valence-corrected chi connectivity index (χ4v) is 3.95. The van der Waals surface area contributed by atoms with Crippen LogP contribution >= 0.6 is 27.5 Å². The smallest absolute Gasteiger partial charge is 0.240 e. The molecule has 0 unspecified atom stereocenters. The van der Waals surface area contributed by atoms with Crippen molar-refractivity contribution in [1.82, 2.24) is 4.72 Å². The van der Waals surface area contributed by atoms with Crippen LogP contribution in [0, 0.1) is 0 Å². The SMILES string of the molecule is O=S(=O)(N[C@H]1CC[C@H](O)CC1)c1ccc(Br)c(Cl)c1. The molecule has 0 aliphatic heterocycles. The Labute approximate surface area is 126 Å². The maximum Gasteiger partial charge on any atom is 0.240 e. The van der Waals surface area contributed by atoms with Crippen LogP contribution in [-0.4, -0.2) is 25.7 Å². The van der Waals surface area contributed by atoms with Crippen molar-refractivity contribution in [3.8, 4) is 0 Å². The molecular formula is C12H15BrClNO3S. The van der Waals surface area contributed by atoms with E-state index in [-0.39, 0.29) is 17.0 Å². The molecule has 0 saturated heterocycles. The molecule has 2 N–H and O–H groups in total. The molecule has 0 heterocycles. The quantitative estimate of drug-likeness (QED) is 0.862. The van der Waals surface area contributed by atoms with Gasteiger partial charge < -0.3 is 5.11 Å². The number of hydrogen-bond acceptors (Lipinski definition) is 3. The van der Waals surface area contributed by atoms with Gasteiger partial charge in [-0.05, 0) is 59.8 Å². The molecule has 1 aliphatic carbocycles. The lowest BCUT2D eigenvalue weighted by molar-refractivity contribution is 0.120. The van der Waals surface area contributed by atoms with Gasteiger partial charge in [-0.3, -0.25) is 0 Å². The Morgan fingerprint density at radius 1 is 1.26 bits per heavy atom. The van der Waals surface area contributed by atoms with Crippen LogP contribution in [-0.2, 0) is 10.0 Å². The Balaban J connectivity index is 2.11. The maximum absolute atomic E-state index is 12.2. The summed E-state index contributed by atoms with van der Waals surface area (Å²) >= 11 is 9.14. The minimum Gasteiger partial charge on any atom is -0.393 e. The molecule has 0 atom stereocenters. The largest absolute Gasteiger partial charge is 0.393 e. The monoisotopic (exact) mass is 367 g/mol. The third-order valence-corrected chi connectivity index (χ3v) is 5.97. The first-order chi connectivity index (χ1) is 8.88. The molecule has 2 rings (SSSR count). The Kier molecular flexibility index (Phi) is 4.89. The second-order valence-electron chi connectivity index (χ2n) is 4.70. The van der Waals surface area contributed by atoms with E-state index in [1.165, 1.54) is 12.1 Å². The molecule has 4 nitrogen and oxygen atoms in total. The molecule has 1 fully saturated rings. The van der Waals surface area contributed by atoms with Crippen LogP contribution < -0.4 is 4.72 Å². The van der Waals surface area contributed by atoms with Gasteiger partial charge in [0, 0.05) is 10.5 Å². The Bertz CT molecular complexity index is 556. The molecule has 7 heteroatoms. The van der Waals surface area contributed by atoms with E-state index in [4.69, 9.17) is 11.6 Å². The minimum atomic E-state index is -3.55. The molecule has 106 valence electrons. The Hall–Kier alpha value is -0.140. The lowest BCUT2D eigenvalue weighted by Gasteiger charge is -2.26. The molecule has 0 spiro atoms. The number of aliphatic hydroxyl groups is 1. The lowest BCUT2D eigenvalue weighted by Crippen LogP contribution is -2.38. The topological polar surface area (TPSA) is 66.4 Å². The van der Waals surface area contributed by atoms with Gasteiger partial charge in [-0.25, -0.2) is 13.1 Å². The highest BCUT2D eigenvalue weighted by Crippen LogP contribution is 2.26. The zero-order valence-corrected chi connectivity index (χ0v) is 13.3. The molecule has 0 bridgehead atoms. The molecular weight excluding hydrogens is 354 g/mol. The van der Waals surface area contributed by atoms with Crippen molar-refractivity contribution in [3.05, 3.63) is 27.7 Å². The average Bonchev–Trinajstić information content (AvgIpc) is 2.35. The lowest BCUT2D eigenvalue weighted by atomic mass is 9.94. The molecule has 1 saturated carbocycles. The summed E-state index contributed by atoms with van der Waals surface area (Å²) in [6.07, 6.45) is 2.28. The predicted octanol–water partition coefficient (Wildman–Crippen LogP) is 2.68. The molecule has 1 aliphatic rings. The number of rotatable bonds is 3. The Morgan fingerprint density at radius 2 is 1.89 bits per heavy atom. The van der Waals surface area contributed by atoms with E-state index in [1.807, 2.05) is 0 Å². The molecule has 1 aromatic rings. The fraction of sp³-hybridized carbons (Fsp3) is 0.500. The van der Waals surface area contributed by atoms with E-state index in [1.54, 1.807) is 6.07 Å². The van der Waals surface area contributed by atoms with Crippen LogP contribution in [0.15, 0.2) is 27.6 Å². The second kappa shape index (κ2) is 6.10. The fourth-order valence-electron chi connectivity index (χ4n) is 2.13. The zero-order chi connectivity index (χ0) is 14.0. The minimum absolute atomic E-state index is 0.115. The average molecular weight is 369 g/mol. The molecule has 0 aromatic heterocycles. The van der Waals surface area contributed by atoms with Crippen LogP contribution in [0.25, 0.3) is 0 Å². The summed E-state index contributed by atoms with van der Waals surface area (Å²) in [6.45, 7) is 0. The zero-order valence-electron chi connectivity index (χ0n) is 10.1. The van der Waals surface area contributed by atoms with Crippen LogP contribution in [0.3, 0.4) is 0 Å². The molecule has 0 radical (unpaired) electrons. The molecule has 19 heavy (non-hydrogen) atoms. The van der Waals surface area contributed by atoms with Gasteiger partial charge >= 0.3 is 0 Å². The van der Waals surface area contributed by atoms with Crippen LogP contribution in [0.2, 0.25) is 5.02 Å². The van der Waals surface area contributed by atoms with Gasteiger partial charge in [-0.1, -0.05) is 11.6 Å². The van der Waals surface area contributed by atoms with Crippen molar-refractivity contribution in [1.29, 1.82) is 0 Å². The first kappa shape index (κ1) is 15.3. The van der Waals surface area contributed by atoms with Crippen LogP contribution in [0.1, 0.15) is 25.7 Å². The van der Waals surface area contributed by atoms with E-state index < -0.39 is 10.0 Å². The van der Waals surface area contributed by atoms with Crippen molar-refractivity contribution in [3.63, 3.8) is 0 Å². The summed E-state index contributed by atoms with van der Waals surface area (Å²) in [7, 11) is -3.55. The van der Waals surface area contributed by atoms with Crippen LogP contribution in [0.5, 0.6) is 0 Å². The standard InChI is InChI=1S/C12H15BrClNO3S/c13-11-6-5-10(7-12(11)14)19(17,18)15-8-1-3-9(16)4-2-8/h5-9,15-16H,1-4H2/t8-,9-. The first-order valence-electron chi connectivity index (χ1n) is 6.04. The van der Waals surface area contributed by atoms with Crippen molar-refractivity contribution < 1.29 is 13.5 Å². The van der Waals surface area contributed by atoms with E-state index in [0.717, 1.165) is 0 Å². The number of aliphatic hydroxyl groups excluding tert-OH is 1. The third-order valence-electron chi connectivity index (χ3n) is 3.22. The molecule has 0 amide bonds. The van der Waals surface area contributed by atoms with E-state index in [9.17, 15) is 13.5 Å². The van der Waals surface area contributed by atoms with Gasteiger partial charge in [-0.15, -0.1) is 0 Å². The summed E-state index contributed by atoms with van der Waals surface area (Å²) in [5, 5.41) is 9.77. The van der Waals surface area contributed by atoms with Gasteiger partial charge in [0.15, 0.2) is 0 Å². The number of halogens is 2. The summed E-state index contributed by atoms with van der Waals surface area (Å²) < 4.78 is 27.7. The van der Waals surface area contributed by atoms with Crippen LogP contribution in [0.4, 0.5) is 0 Å². The first-order valence-corrected chi connectivity index (χ1v) is 8.69. The summed E-state index contributed by atoms with van der Waals surface area (Å²) in [5.74, 6) is 0. The highest BCUT2D eigenvalue weighted by atomic mass is 79.9. The van der Waals surface area contributed by atoms with Crippen molar-refractivity contribution >= 4 is 37.6 Å².